The number of likely N-dealkylation sites (N-methyl/N-ethyl adjacent to an activating group) is 1. The Morgan fingerprint density at radius 1 is 1.39 bits per heavy atom. The second-order valence-corrected chi connectivity index (χ2v) is 8.10. The van der Waals surface area contributed by atoms with Gasteiger partial charge in [0.25, 0.3) is 0 Å². The minimum absolute atomic E-state index is 0.293. The highest BCUT2D eigenvalue weighted by Gasteiger charge is 2.41. The number of benzene rings is 1. The molecule has 0 spiro atoms. The van der Waals surface area contributed by atoms with Gasteiger partial charge in [-0.2, -0.15) is 0 Å². The third-order valence-corrected chi connectivity index (χ3v) is 6.18. The number of nitrogens with one attached hydrogen (secondary N) is 3. The van der Waals surface area contributed by atoms with Crippen LogP contribution in [0, 0.1) is 5.82 Å². The molecule has 1 aliphatic heterocycles. The van der Waals surface area contributed by atoms with E-state index >= 15 is 0 Å². The number of carbonyl (C=O) groups is 2. The Morgan fingerprint density at radius 3 is 2.81 bits per heavy atom. The lowest BCUT2D eigenvalue weighted by molar-refractivity contribution is -0.141. The molecule has 0 bridgehead atoms. The van der Waals surface area contributed by atoms with Crippen LogP contribution >= 0.6 is 0 Å². The molecule has 2 heterocycles. The van der Waals surface area contributed by atoms with Crippen LogP contribution in [0.1, 0.15) is 25.8 Å². The molecular formula is C22H31FN4O4. The summed E-state index contributed by atoms with van der Waals surface area (Å²) in [5.74, 6) is -0.931. The van der Waals surface area contributed by atoms with Crippen molar-refractivity contribution in [1.29, 1.82) is 0 Å². The number of aromatic nitrogens is 1. The molecule has 8 nitrogen and oxygen atoms in total. The normalized spacial score (nSPS) is 21.8. The Hall–Kier alpha value is -2.49. The van der Waals surface area contributed by atoms with Crippen molar-refractivity contribution in [2.75, 3.05) is 20.7 Å². The molecule has 2 aromatic rings. The topological polar surface area (TPSA) is 107 Å². The number of ether oxygens (including phenoxy) is 1. The van der Waals surface area contributed by atoms with Crippen LogP contribution in [0.15, 0.2) is 24.4 Å². The number of methoxy groups -OCH3 is 1. The van der Waals surface area contributed by atoms with Crippen LogP contribution in [0.25, 0.3) is 10.9 Å². The maximum absolute atomic E-state index is 13.5. The molecule has 0 saturated carbocycles. The molecule has 9 heteroatoms. The van der Waals surface area contributed by atoms with Crippen molar-refractivity contribution >= 4 is 22.7 Å². The van der Waals surface area contributed by atoms with Gasteiger partial charge in [-0.15, -0.1) is 0 Å². The first kappa shape index (κ1) is 23.2. The molecular weight excluding hydrogens is 403 g/mol. The Labute approximate surface area is 181 Å². The predicted molar refractivity (Wildman–Crippen MR) is 115 cm³/mol. The first-order valence-corrected chi connectivity index (χ1v) is 10.5. The standard InChI is InChI=1S/C22H31FN4O4/c1-12(24-3)21(29)26-20(13(2)31-4)22(30)27-8-7-19(28)18(27)9-14-11-25-17-10-15(23)5-6-16(14)17/h5-6,10-13,18-20,24-25,28H,7-9H2,1-4H3,(H,26,29)/t12-,13+,18+,19-,20-/m0/s1. The van der Waals surface area contributed by atoms with Crippen molar-refractivity contribution in [1.82, 2.24) is 20.5 Å². The number of aliphatic hydroxyl groups excluding tert-OH is 1. The van der Waals surface area contributed by atoms with E-state index in [9.17, 15) is 19.1 Å². The quantitative estimate of drug-likeness (QED) is 0.495. The Bertz CT molecular complexity index is 933. The van der Waals surface area contributed by atoms with Gasteiger partial charge in [-0.25, -0.2) is 4.39 Å². The first-order chi connectivity index (χ1) is 14.8. The highest BCUT2D eigenvalue weighted by molar-refractivity contribution is 5.90. The smallest absolute Gasteiger partial charge is 0.248 e. The summed E-state index contributed by atoms with van der Waals surface area (Å²) < 4.78 is 18.9. The Kier molecular flexibility index (Phi) is 7.30. The van der Waals surface area contributed by atoms with E-state index in [4.69, 9.17) is 4.74 Å². The minimum atomic E-state index is -0.877. The van der Waals surface area contributed by atoms with Crippen molar-refractivity contribution in [3.63, 3.8) is 0 Å². The zero-order valence-electron chi connectivity index (χ0n) is 18.3. The number of aromatic amines is 1. The van der Waals surface area contributed by atoms with Crippen molar-refractivity contribution < 1.29 is 23.8 Å². The van der Waals surface area contributed by atoms with E-state index in [-0.39, 0.29) is 17.6 Å². The molecule has 3 rings (SSSR count). The van der Waals surface area contributed by atoms with Gasteiger partial charge in [-0.05, 0) is 57.5 Å². The van der Waals surface area contributed by atoms with Crippen molar-refractivity contribution in [2.24, 2.45) is 0 Å². The number of rotatable bonds is 8. The van der Waals surface area contributed by atoms with E-state index in [1.807, 2.05) is 0 Å². The molecule has 0 radical (unpaired) electrons. The monoisotopic (exact) mass is 434 g/mol. The fourth-order valence-electron chi connectivity index (χ4n) is 4.01. The lowest BCUT2D eigenvalue weighted by Gasteiger charge is -2.32. The fourth-order valence-corrected chi connectivity index (χ4v) is 4.01. The van der Waals surface area contributed by atoms with Crippen LogP contribution in [0.3, 0.4) is 0 Å². The molecule has 5 atom stereocenters. The van der Waals surface area contributed by atoms with Gasteiger partial charge < -0.3 is 30.4 Å². The van der Waals surface area contributed by atoms with E-state index in [0.29, 0.717) is 24.9 Å². The molecule has 1 fully saturated rings. The summed E-state index contributed by atoms with van der Waals surface area (Å²) >= 11 is 0. The average Bonchev–Trinajstić information content (AvgIpc) is 3.33. The van der Waals surface area contributed by atoms with Gasteiger partial charge in [0.1, 0.15) is 11.9 Å². The second-order valence-electron chi connectivity index (χ2n) is 8.10. The molecule has 170 valence electrons. The number of fused-ring (bicyclic) bond motifs is 1. The van der Waals surface area contributed by atoms with E-state index in [0.717, 1.165) is 10.9 Å². The predicted octanol–water partition coefficient (Wildman–Crippen LogP) is 0.939. The molecule has 0 aliphatic carbocycles. The van der Waals surface area contributed by atoms with E-state index in [2.05, 4.69) is 15.6 Å². The van der Waals surface area contributed by atoms with Gasteiger partial charge in [-0.1, -0.05) is 0 Å². The number of H-pyrrole nitrogens is 1. The Balaban J connectivity index is 1.82. The number of aliphatic hydroxyl groups is 1. The van der Waals surface area contributed by atoms with Gasteiger partial charge in [0.15, 0.2) is 0 Å². The molecule has 1 aromatic heterocycles. The van der Waals surface area contributed by atoms with Gasteiger partial charge in [0.2, 0.25) is 11.8 Å². The van der Waals surface area contributed by atoms with Gasteiger partial charge in [0, 0.05) is 30.8 Å². The van der Waals surface area contributed by atoms with Gasteiger partial charge in [-0.3, -0.25) is 9.59 Å². The number of hydrogen-bond donors (Lipinski definition) is 4. The SMILES string of the molecule is CN[C@@H](C)C(=O)N[C@H](C(=O)N1CC[C@H](O)[C@H]1Cc1c[nH]c2cc(F)ccc12)[C@@H](C)OC. The lowest BCUT2D eigenvalue weighted by atomic mass is 10.0. The number of amides is 2. The third-order valence-electron chi connectivity index (χ3n) is 6.18. The maximum Gasteiger partial charge on any atom is 0.248 e. The van der Waals surface area contributed by atoms with E-state index in [1.165, 1.54) is 19.2 Å². The number of carbonyl (C=O) groups excluding carboxylic acids is 2. The minimum Gasteiger partial charge on any atom is -0.391 e. The first-order valence-electron chi connectivity index (χ1n) is 10.5. The summed E-state index contributed by atoms with van der Waals surface area (Å²) in [5.41, 5.74) is 1.56. The number of likely N-dealkylation sites (tertiary alicyclic amines) is 1. The Morgan fingerprint density at radius 2 is 2.13 bits per heavy atom. The molecule has 1 saturated heterocycles. The van der Waals surface area contributed by atoms with Crippen LogP contribution in [0.2, 0.25) is 0 Å². The zero-order valence-corrected chi connectivity index (χ0v) is 18.3. The molecule has 1 aliphatic rings. The van der Waals surface area contributed by atoms with E-state index < -0.39 is 30.3 Å². The average molecular weight is 435 g/mol. The number of hydrogen-bond acceptors (Lipinski definition) is 5. The van der Waals surface area contributed by atoms with Crippen LogP contribution < -0.4 is 10.6 Å². The largest absolute Gasteiger partial charge is 0.391 e. The van der Waals surface area contributed by atoms with Gasteiger partial charge in [0.05, 0.1) is 24.3 Å². The maximum atomic E-state index is 13.5. The lowest BCUT2D eigenvalue weighted by Crippen LogP contribution is -2.58. The summed E-state index contributed by atoms with van der Waals surface area (Å²) in [6, 6.07) is 2.70. The van der Waals surface area contributed by atoms with Crippen LogP contribution in [-0.2, 0) is 20.7 Å². The molecule has 2 amide bonds. The van der Waals surface area contributed by atoms with Crippen molar-refractivity contribution in [3.8, 4) is 0 Å². The molecule has 4 N–H and O–H groups in total. The van der Waals surface area contributed by atoms with Crippen molar-refractivity contribution in [2.45, 2.75) is 57.0 Å². The highest BCUT2D eigenvalue weighted by Crippen LogP contribution is 2.27. The molecule has 0 unspecified atom stereocenters. The summed E-state index contributed by atoms with van der Waals surface area (Å²) in [4.78, 5) is 30.5. The highest BCUT2D eigenvalue weighted by atomic mass is 19.1. The summed E-state index contributed by atoms with van der Waals surface area (Å²) in [7, 11) is 3.15. The molecule has 1 aromatic carbocycles. The van der Waals surface area contributed by atoms with Crippen LogP contribution in [0.4, 0.5) is 4.39 Å². The molecule has 31 heavy (non-hydrogen) atoms. The zero-order chi connectivity index (χ0) is 22.7. The number of nitrogens with zero attached hydrogens (tertiary/aromatic N) is 1. The summed E-state index contributed by atoms with van der Waals surface area (Å²) in [5, 5.41) is 17.1. The van der Waals surface area contributed by atoms with Gasteiger partial charge >= 0.3 is 0 Å². The van der Waals surface area contributed by atoms with Crippen molar-refractivity contribution in [3.05, 3.63) is 35.8 Å². The van der Waals surface area contributed by atoms with E-state index in [1.54, 1.807) is 38.1 Å². The fraction of sp³-hybridized carbons (Fsp3) is 0.545. The summed E-state index contributed by atoms with van der Waals surface area (Å²) in [6.45, 7) is 3.81. The summed E-state index contributed by atoms with van der Waals surface area (Å²) in [6.07, 6.45) is 1.40. The number of halogens is 1. The third kappa shape index (κ3) is 4.89. The second kappa shape index (κ2) is 9.76. The van der Waals surface area contributed by atoms with Crippen LogP contribution in [0.5, 0.6) is 0 Å². The van der Waals surface area contributed by atoms with Crippen LogP contribution in [-0.4, -0.2) is 77.8 Å².